The Balaban J connectivity index is 1.87. The molecule has 3 N–H and O–H groups in total. The summed E-state index contributed by atoms with van der Waals surface area (Å²) in [7, 11) is 0. The number of nitrogens with one attached hydrogen (secondary N) is 3. The molecule has 29 heavy (non-hydrogen) atoms. The molecule has 7 nitrogen and oxygen atoms in total. The Kier molecular flexibility index (Phi) is 7.77. The molecule has 0 bridgehead atoms. The first-order chi connectivity index (χ1) is 13.8. The van der Waals surface area contributed by atoms with Gasteiger partial charge in [0.25, 0.3) is 11.8 Å². The molecule has 154 valence electrons. The number of ether oxygens (including phenoxy) is 1. The normalized spacial score (nSPS) is 11.3. The molecular formula is C22H27N3O4. The quantitative estimate of drug-likeness (QED) is 0.625. The number of aryl methyl sites for hydroxylation is 2. The van der Waals surface area contributed by atoms with E-state index in [1.807, 2.05) is 39.0 Å². The number of carbonyl (C=O) groups is 3. The molecule has 0 saturated heterocycles. The van der Waals surface area contributed by atoms with Crippen LogP contribution >= 0.6 is 0 Å². The Morgan fingerprint density at radius 1 is 0.966 bits per heavy atom. The summed E-state index contributed by atoms with van der Waals surface area (Å²) in [5.74, 6) is -0.356. The Morgan fingerprint density at radius 3 is 2.17 bits per heavy atom. The van der Waals surface area contributed by atoms with E-state index in [1.54, 1.807) is 31.2 Å². The van der Waals surface area contributed by atoms with Crippen molar-refractivity contribution in [2.24, 2.45) is 0 Å². The van der Waals surface area contributed by atoms with E-state index in [2.05, 4.69) is 16.2 Å². The highest BCUT2D eigenvalue weighted by molar-refractivity contribution is 5.97. The molecule has 0 unspecified atom stereocenters. The first-order valence-corrected chi connectivity index (χ1v) is 9.54. The second-order valence-electron chi connectivity index (χ2n) is 6.80. The lowest BCUT2D eigenvalue weighted by Gasteiger charge is -2.18. The Labute approximate surface area is 170 Å². The van der Waals surface area contributed by atoms with E-state index in [9.17, 15) is 14.4 Å². The van der Waals surface area contributed by atoms with Crippen molar-refractivity contribution in [1.29, 1.82) is 0 Å². The first-order valence-electron chi connectivity index (χ1n) is 9.54. The Hall–Kier alpha value is -3.35. The lowest BCUT2D eigenvalue weighted by Crippen LogP contribution is -2.47. The molecule has 0 aliphatic rings. The number of amides is 3. The zero-order valence-electron chi connectivity index (χ0n) is 17.2. The molecule has 1 atom stereocenters. The molecule has 0 saturated carbocycles. The van der Waals surface area contributed by atoms with E-state index in [4.69, 9.17) is 4.74 Å². The van der Waals surface area contributed by atoms with Gasteiger partial charge in [-0.2, -0.15) is 0 Å². The third-order valence-corrected chi connectivity index (χ3v) is 4.28. The third-order valence-electron chi connectivity index (χ3n) is 4.28. The van der Waals surface area contributed by atoms with Crippen LogP contribution in [0.4, 0.5) is 5.69 Å². The van der Waals surface area contributed by atoms with Crippen LogP contribution < -0.4 is 20.9 Å². The predicted octanol–water partition coefficient (Wildman–Crippen LogP) is 3.27. The highest BCUT2D eigenvalue weighted by atomic mass is 16.5. The molecule has 0 spiro atoms. The number of para-hydroxylation sites is 1. The van der Waals surface area contributed by atoms with Crippen molar-refractivity contribution >= 4 is 23.4 Å². The lowest BCUT2D eigenvalue weighted by atomic mass is 10.1. The van der Waals surface area contributed by atoms with Crippen molar-refractivity contribution in [3.05, 3.63) is 59.2 Å². The summed E-state index contributed by atoms with van der Waals surface area (Å²) >= 11 is 0. The van der Waals surface area contributed by atoms with Crippen LogP contribution in [0.3, 0.4) is 0 Å². The van der Waals surface area contributed by atoms with Crippen LogP contribution in [0.2, 0.25) is 0 Å². The summed E-state index contributed by atoms with van der Waals surface area (Å²) in [5, 5.41) is 2.75. The second kappa shape index (κ2) is 10.3. The van der Waals surface area contributed by atoms with Gasteiger partial charge in [-0.3, -0.25) is 25.2 Å². The largest absolute Gasteiger partial charge is 0.480 e. The highest BCUT2D eigenvalue weighted by Crippen LogP contribution is 2.23. The van der Waals surface area contributed by atoms with Crippen molar-refractivity contribution in [3.8, 4) is 5.75 Å². The molecule has 2 aromatic rings. The summed E-state index contributed by atoms with van der Waals surface area (Å²) in [6.45, 7) is 7.35. The molecule has 0 aliphatic heterocycles. The maximum absolute atomic E-state index is 12.2. The fourth-order valence-corrected chi connectivity index (χ4v) is 2.66. The van der Waals surface area contributed by atoms with Crippen LogP contribution in [0, 0.1) is 13.8 Å². The van der Waals surface area contributed by atoms with Crippen LogP contribution in [0.5, 0.6) is 5.75 Å². The number of carbonyl (C=O) groups excluding carboxylic acids is 3. The van der Waals surface area contributed by atoms with Gasteiger partial charge in [-0.15, -0.1) is 0 Å². The van der Waals surface area contributed by atoms with Crippen molar-refractivity contribution in [2.75, 3.05) is 5.32 Å². The molecule has 0 aromatic heterocycles. The third kappa shape index (κ3) is 6.34. The Morgan fingerprint density at radius 2 is 1.59 bits per heavy atom. The molecule has 2 rings (SSSR count). The molecule has 3 amide bonds. The SMILES string of the molecule is CCCC(=O)Nc1ccc(C(=O)NNC(=O)[C@H](C)Oc2c(C)cccc2C)cc1. The van der Waals surface area contributed by atoms with Crippen LogP contribution in [0.25, 0.3) is 0 Å². The van der Waals surface area contributed by atoms with E-state index in [-0.39, 0.29) is 5.91 Å². The van der Waals surface area contributed by atoms with Gasteiger partial charge in [0.15, 0.2) is 6.10 Å². The maximum Gasteiger partial charge on any atom is 0.279 e. The summed E-state index contributed by atoms with van der Waals surface area (Å²) in [5.41, 5.74) is 7.56. The number of rotatable bonds is 7. The van der Waals surface area contributed by atoms with Crippen LogP contribution in [0.15, 0.2) is 42.5 Å². The number of hydrogen-bond donors (Lipinski definition) is 3. The summed E-state index contributed by atoms with van der Waals surface area (Å²) in [6, 6.07) is 12.1. The van der Waals surface area contributed by atoms with Crippen molar-refractivity contribution in [1.82, 2.24) is 10.9 Å². The number of anilines is 1. The number of hydrogen-bond acceptors (Lipinski definition) is 4. The summed E-state index contributed by atoms with van der Waals surface area (Å²) in [6.07, 6.45) is 0.417. The van der Waals surface area contributed by atoms with E-state index >= 15 is 0 Å². The molecule has 7 heteroatoms. The van der Waals surface area contributed by atoms with Gasteiger partial charge >= 0.3 is 0 Å². The molecule has 0 heterocycles. The lowest BCUT2D eigenvalue weighted by molar-refractivity contribution is -0.128. The monoisotopic (exact) mass is 397 g/mol. The zero-order chi connectivity index (χ0) is 21.4. The molecule has 0 radical (unpaired) electrons. The smallest absolute Gasteiger partial charge is 0.279 e. The highest BCUT2D eigenvalue weighted by Gasteiger charge is 2.17. The van der Waals surface area contributed by atoms with Crippen molar-refractivity contribution < 1.29 is 19.1 Å². The molecule has 2 aromatic carbocycles. The van der Waals surface area contributed by atoms with Gasteiger partial charge in [-0.1, -0.05) is 25.1 Å². The number of benzene rings is 2. The second-order valence-corrected chi connectivity index (χ2v) is 6.80. The van der Waals surface area contributed by atoms with Crippen molar-refractivity contribution in [3.63, 3.8) is 0 Å². The number of hydrazine groups is 1. The van der Waals surface area contributed by atoms with Gasteiger partial charge in [0, 0.05) is 17.7 Å². The zero-order valence-corrected chi connectivity index (χ0v) is 17.2. The van der Waals surface area contributed by atoms with Crippen LogP contribution in [0.1, 0.15) is 48.2 Å². The summed E-state index contributed by atoms with van der Waals surface area (Å²) < 4.78 is 5.74. The Bertz CT molecular complexity index is 858. The average molecular weight is 397 g/mol. The molecule has 0 fully saturated rings. The van der Waals surface area contributed by atoms with E-state index < -0.39 is 17.9 Å². The fraction of sp³-hybridized carbons (Fsp3) is 0.318. The molecule has 0 aliphatic carbocycles. The minimum atomic E-state index is -0.786. The van der Waals surface area contributed by atoms with E-state index in [0.717, 1.165) is 17.5 Å². The minimum absolute atomic E-state index is 0.0742. The fourth-order valence-electron chi connectivity index (χ4n) is 2.66. The van der Waals surface area contributed by atoms with Gasteiger partial charge in [0.05, 0.1) is 0 Å². The van der Waals surface area contributed by atoms with Crippen molar-refractivity contribution in [2.45, 2.75) is 46.6 Å². The minimum Gasteiger partial charge on any atom is -0.480 e. The molecular weight excluding hydrogens is 370 g/mol. The van der Waals surface area contributed by atoms with Crippen LogP contribution in [-0.2, 0) is 9.59 Å². The van der Waals surface area contributed by atoms with Gasteiger partial charge in [0.1, 0.15) is 5.75 Å². The standard InChI is InChI=1S/C22H27N3O4/c1-5-7-19(26)23-18-12-10-17(11-13-18)22(28)25-24-21(27)16(4)29-20-14(2)8-6-9-15(20)3/h6,8-13,16H,5,7H2,1-4H3,(H,23,26)(H,24,27)(H,25,28)/t16-/m0/s1. The van der Waals surface area contributed by atoms with Gasteiger partial charge in [0.2, 0.25) is 5.91 Å². The van der Waals surface area contributed by atoms with E-state index in [0.29, 0.717) is 23.4 Å². The van der Waals surface area contributed by atoms with Gasteiger partial charge in [-0.25, -0.2) is 0 Å². The predicted molar refractivity (Wildman–Crippen MR) is 112 cm³/mol. The van der Waals surface area contributed by atoms with Crippen LogP contribution in [-0.4, -0.2) is 23.8 Å². The van der Waals surface area contributed by atoms with Gasteiger partial charge < -0.3 is 10.1 Å². The topological polar surface area (TPSA) is 96.5 Å². The summed E-state index contributed by atoms with van der Waals surface area (Å²) in [4.78, 5) is 36.1. The van der Waals surface area contributed by atoms with Gasteiger partial charge in [-0.05, 0) is 62.6 Å². The average Bonchev–Trinajstić information content (AvgIpc) is 2.69. The maximum atomic E-state index is 12.2. The first kappa shape index (κ1) is 21.9. The van der Waals surface area contributed by atoms with E-state index in [1.165, 1.54) is 0 Å².